The van der Waals surface area contributed by atoms with Crippen LogP contribution < -0.4 is 5.32 Å². The van der Waals surface area contributed by atoms with Crippen molar-refractivity contribution in [3.63, 3.8) is 0 Å². The fourth-order valence-electron chi connectivity index (χ4n) is 4.07. The van der Waals surface area contributed by atoms with E-state index in [1.54, 1.807) is 18.3 Å². The van der Waals surface area contributed by atoms with E-state index >= 15 is 0 Å². The lowest BCUT2D eigenvalue weighted by Gasteiger charge is -2.50. The Bertz CT molecular complexity index is 990. The number of anilines is 1. The summed E-state index contributed by atoms with van der Waals surface area (Å²) in [6.07, 6.45) is 3.81. The molecule has 4 aliphatic rings. The Morgan fingerprint density at radius 3 is 2.92 bits per heavy atom. The standard InChI is InChI=1S/C19H16BrFN4O/c20-15-1-2-16(21)13-9-17(23-10-14(13)15)24-18-22-6-5-19(26-18)11-25-7-3-12(19)4-8-25/h1-2,9-10,12H,3-4,7-8,11H2,(H,22,23,24). The Kier molecular flexibility index (Phi) is 3.66. The van der Waals surface area contributed by atoms with Crippen LogP contribution in [0.4, 0.5) is 10.2 Å². The molecule has 1 unspecified atom stereocenters. The normalized spacial score (nSPS) is 29.1. The summed E-state index contributed by atoms with van der Waals surface area (Å²) in [7, 11) is 0. The second-order valence-electron chi connectivity index (χ2n) is 6.97. The van der Waals surface area contributed by atoms with Gasteiger partial charge in [-0.1, -0.05) is 15.9 Å². The molecule has 0 radical (unpaired) electrons. The van der Waals surface area contributed by atoms with Gasteiger partial charge in [-0.15, -0.1) is 4.99 Å². The zero-order valence-electron chi connectivity index (χ0n) is 13.9. The van der Waals surface area contributed by atoms with Gasteiger partial charge < -0.3 is 4.74 Å². The van der Waals surface area contributed by atoms with E-state index in [-0.39, 0.29) is 5.82 Å². The molecule has 1 spiro atoms. The first kappa shape index (κ1) is 16.0. The summed E-state index contributed by atoms with van der Waals surface area (Å²) in [5.41, 5.74) is -0.494. The van der Waals surface area contributed by atoms with Crippen molar-refractivity contribution in [1.82, 2.24) is 9.88 Å². The number of fused-ring (bicyclic) bond motifs is 3. The van der Waals surface area contributed by atoms with Crippen LogP contribution in [0, 0.1) is 23.7 Å². The topological polar surface area (TPSA) is 49.8 Å². The zero-order valence-corrected chi connectivity index (χ0v) is 15.5. The van der Waals surface area contributed by atoms with Gasteiger partial charge in [0, 0.05) is 33.4 Å². The molecule has 1 N–H and O–H groups in total. The van der Waals surface area contributed by atoms with Crippen molar-refractivity contribution >= 4 is 38.5 Å². The smallest absolute Gasteiger partial charge is 0.305 e. The highest BCUT2D eigenvalue weighted by atomic mass is 79.9. The molecule has 6 rings (SSSR count). The number of aromatic nitrogens is 1. The molecule has 1 aromatic heterocycles. The maximum absolute atomic E-state index is 14.1. The van der Waals surface area contributed by atoms with Crippen molar-refractivity contribution in [1.29, 1.82) is 0 Å². The molecule has 7 heteroatoms. The molecule has 132 valence electrons. The second kappa shape index (κ2) is 5.93. The second-order valence-corrected chi connectivity index (χ2v) is 7.82. The summed E-state index contributed by atoms with van der Waals surface area (Å²) in [6, 6.07) is 7.97. The molecule has 1 aromatic carbocycles. The number of rotatable bonds is 1. The summed E-state index contributed by atoms with van der Waals surface area (Å²) < 4.78 is 21.1. The number of halogens is 2. The molecule has 0 aliphatic carbocycles. The van der Waals surface area contributed by atoms with E-state index in [2.05, 4.69) is 48.1 Å². The van der Waals surface area contributed by atoms with E-state index in [0.717, 1.165) is 42.3 Å². The summed E-state index contributed by atoms with van der Waals surface area (Å²) in [5.74, 6) is 3.80. The van der Waals surface area contributed by atoms with E-state index in [9.17, 15) is 4.39 Å². The number of nitrogens with zero attached hydrogens (tertiary/aromatic N) is 3. The third-order valence-corrected chi connectivity index (χ3v) is 6.13. The molecule has 3 fully saturated rings. The van der Waals surface area contributed by atoms with Crippen LogP contribution in [0.5, 0.6) is 0 Å². The molecular weight excluding hydrogens is 399 g/mol. The predicted molar refractivity (Wildman–Crippen MR) is 101 cm³/mol. The molecule has 2 bridgehead atoms. The Morgan fingerprint density at radius 1 is 1.31 bits per heavy atom. The largest absolute Gasteiger partial charge is 0.443 e. The number of aliphatic imine (C=N–C) groups is 1. The van der Waals surface area contributed by atoms with Gasteiger partial charge in [0.15, 0.2) is 5.60 Å². The highest BCUT2D eigenvalue weighted by Gasteiger charge is 2.49. The van der Waals surface area contributed by atoms with Gasteiger partial charge in [0.25, 0.3) is 0 Å². The van der Waals surface area contributed by atoms with Crippen molar-refractivity contribution in [2.75, 3.05) is 25.0 Å². The van der Waals surface area contributed by atoms with Crippen LogP contribution in [0.1, 0.15) is 12.8 Å². The van der Waals surface area contributed by atoms with Crippen molar-refractivity contribution in [2.45, 2.75) is 18.4 Å². The highest BCUT2D eigenvalue weighted by Crippen LogP contribution is 2.39. The number of hydrogen-bond acceptors (Lipinski definition) is 5. The van der Waals surface area contributed by atoms with Crippen LogP contribution in [0.2, 0.25) is 0 Å². The SMILES string of the molecule is Fc1ccc(Br)c2cnc(NC3=NC#CC4(CN5CCC4CC5)O3)cc12. The van der Waals surface area contributed by atoms with Crippen LogP contribution in [-0.4, -0.2) is 41.1 Å². The Labute approximate surface area is 158 Å². The van der Waals surface area contributed by atoms with Gasteiger partial charge in [0.1, 0.15) is 11.6 Å². The number of amidine groups is 1. The molecule has 3 saturated heterocycles. The van der Waals surface area contributed by atoms with Crippen molar-refractivity contribution < 1.29 is 9.13 Å². The molecule has 2 aromatic rings. The van der Waals surface area contributed by atoms with Gasteiger partial charge in [-0.2, -0.15) is 0 Å². The average molecular weight is 415 g/mol. The first-order valence-corrected chi connectivity index (χ1v) is 9.44. The van der Waals surface area contributed by atoms with Crippen molar-refractivity contribution in [3.05, 3.63) is 34.7 Å². The highest BCUT2D eigenvalue weighted by molar-refractivity contribution is 9.10. The van der Waals surface area contributed by atoms with Gasteiger partial charge in [0.05, 0.1) is 6.54 Å². The molecule has 4 aliphatic heterocycles. The minimum atomic E-state index is -0.494. The van der Waals surface area contributed by atoms with E-state index in [4.69, 9.17) is 4.74 Å². The summed E-state index contributed by atoms with van der Waals surface area (Å²) in [5, 5.41) is 4.27. The predicted octanol–water partition coefficient (Wildman–Crippen LogP) is 3.36. The maximum Gasteiger partial charge on any atom is 0.305 e. The van der Waals surface area contributed by atoms with Crippen molar-refractivity contribution in [2.24, 2.45) is 10.9 Å². The lowest BCUT2D eigenvalue weighted by Crippen LogP contribution is -2.61. The summed E-state index contributed by atoms with van der Waals surface area (Å²) >= 11 is 3.42. The number of nitrogens with one attached hydrogen (secondary N) is 1. The number of pyridine rings is 1. The van der Waals surface area contributed by atoms with Gasteiger partial charge in [0.2, 0.25) is 0 Å². The Balaban J connectivity index is 1.42. The lowest BCUT2D eigenvalue weighted by molar-refractivity contribution is -0.0630. The minimum absolute atomic E-state index is 0.297. The van der Waals surface area contributed by atoms with E-state index in [0.29, 0.717) is 23.1 Å². The number of piperidine rings is 3. The van der Waals surface area contributed by atoms with Gasteiger partial charge in [-0.3, -0.25) is 10.2 Å². The van der Waals surface area contributed by atoms with Gasteiger partial charge in [-0.05, 0) is 50.1 Å². The fourth-order valence-corrected chi connectivity index (χ4v) is 4.52. The fraction of sp³-hybridized carbons (Fsp3) is 0.368. The number of hydrogen-bond donors (Lipinski definition) is 1. The third-order valence-electron chi connectivity index (χ3n) is 5.44. The lowest BCUT2D eigenvalue weighted by atomic mass is 9.75. The van der Waals surface area contributed by atoms with Gasteiger partial charge in [-0.25, -0.2) is 9.37 Å². The summed E-state index contributed by atoms with van der Waals surface area (Å²) in [4.78, 5) is 10.9. The number of benzene rings is 1. The van der Waals surface area contributed by atoms with Crippen LogP contribution in [0.15, 0.2) is 33.9 Å². The van der Waals surface area contributed by atoms with E-state index in [1.807, 2.05) is 0 Å². The van der Waals surface area contributed by atoms with E-state index in [1.165, 1.54) is 6.07 Å². The molecule has 5 heterocycles. The number of ether oxygens (including phenoxy) is 1. The van der Waals surface area contributed by atoms with Crippen LogP contribution in [0.25, 0.3) is 10.8 Å². The molecular formula is C19H16BrFN4O. The first-order valence-electron chi connectivity index (χ1n) is 8.65. The monoisotopic (exact) mass is 414 g/mol. The molecule has 0 saturated carbocycles. The molecule has 1 atom stereocenters. The molecule has 0 amide bonds. The van der Waals surface area contributed by atoms with Gasteiger partial charge >= 0.3 is 6.02 Å². The minimum Gasteiger partial charge on any atom is -0.443 e. The van der Waals surface area contributed by atoms with Crippen LogP contribution in [-0.2, 0) is 4.74 Å². The Hall–Kier alpha value is -2.17. The van der Waals surface area contributed by atoms with Crippen molar-refractivity contribution in [3.8, 4) is 12.0 Å². The average Bonchev–Trinajstić information content (AvgIpc) is 2.66. The van der Waals surface area contributed by atoms with Crippen LogP contribution >= 0.6 is 15.9 Å². The zero-order chi connectivity index (χ0) is 17.7. The quantitative estimate of drug-likeness (QED) is 0.726. The first-order chi connectivity index (χ1) is 12.6. The van der Waals surface area contributed by atoms with E-state index < -0.39 is 5.60 Å². The van der Waals surface area contributed by atoms with Crippen LogP contribution in [0.3, 0.4) is 0 Å². The Morgan fingerprint density at radius 2 is 2.15 bits per heavy atom. The molecule has 5 nitrogen and oxygen atoms in total. The third kappa shape index (κ3) is 2.56. The maximum atomic E-state index is 14.1. The summed E-state index contributed by atoms with van der Waals surface area (Å²) in [6.45, 7) is 3.02. The molecule has 26 heavy (non-hydrogen) atoms.